The largest absolute Gasteiger partial charge is 0.478 e. The van der Waals surface area contributed by atoms with Gasteiger partial charge in [0, 0.05) is 19.5 Å². The van der Waals surface area contributed by atoms with Crippen molar-refractivity contribution in [3.63, 3.8) is 0 Å². The van der Waals surface area contributed by atoms with Gasteiger partial charge in [-0.2, -0.15) is 0 Å². The summed E-state index contributed by atoms with van der Waals surface area (Å²) >= 11 is 0. The molecule has 2 N–H and O–H groups in total. The van der Waals surface area contributed by atoms with Gasteiger partial charge >= 0.3 is 11.9 Å². The fourth-order valence-corrected chi connectivity index (χ4v) is 3.33. The van der Waals surface area contributed by atoms with Crippen LogP contribution in [0.4, 0.5) is 0 Å². The van der Waals surface area contributed by atoms with E-state index in [4.69, 9.17) is 10.2 Å². The molecule has 4 aromatic rings. The molecule has 4 rings (SSSR count). The van der Waals surface area contributed by atoms with Crippen LogP contribution in [0.3, 0.4) is 0 Å². The summed E-state index contributed by atoms with van der Waals surface area (Å²) in [7, 11) is 0. The molecular weight excluding hydrogens is 418 g/mol. The maximum atomic E-state index is 11.0. The Balaban J connectivity index is 0.000000200. The molecule has 0 spiro atoms. The molecule has 0 saturated heterocycles. The average molecular weight is 438 g/mol. The fourth-order valence-electron chi connectivity index (χ4n) is 3.33. The standard InChI is InChI=1S/2C12H10O2.Zn/c2*1-8-6-7-9-4-2-3-5-10(9)11(8)12(13)14;/h2*2-7H,1H3,(H,13,14);. The summed E-state index contributed by atoms with van der Waals surface area (Å²) < 4.78 is 0. The Morgan fingerprint density at radius 2 is 0.931 bits per heavy atom. The molecule has 0 aliphatic heterocycles. The summed E-state index contributed by atoms with van der Waals surface area (Å²) in [6.07, 6.45) is 0. The normalized spacial score (nSPS) is 10.0. The van der Waals surface area contributed by atoms with E-state index in [0.29, 0.717) is 11.1 Å². The van der Waals surface area contributed by atoms with E-state index in [2.05, 4.69) is 0 Å². The van der Waals surface area contributed by atoms with Crippen LogP contribution in [0.5, 0.6) is 0 Å². The Morgan fingerprint density at radius 1 is 0.586 bits per heavy atom. The van der Waals surface area contributed by atoms with Gasteiger partial charge in [0.2, 0.25) is 0 Å². The Kier molecular flexibility index (Phi) is 7.25. The minimum atomic E-state index is -0.862. The van der Waals surface area contributed by atoms with Gasteiger partial charge in [-0.1, -0.05) is 72.8 Å². The summed E-state index contributed by atoms with van der Waals surface area (Å²) in [6.45, 7) is 3.63. The number of carboxylic acids is 2. The van der Waals surface area contributed by atoms with E-state index < -0.39 is 11.9 Å². The molecule has 4 nitrogen and oxygen atoms in total. The van der Waals surface area contributed by atoms with E-state index in [-0.39, 0.29) is 19.5 Å². The zero-order chi connectivity index (χ0) is 20.3. The van der Waals surface area contributed by atoms with E-state index in [1.54, 1.807) is 0 Å². The molecular formula is C24H20O4Zn. The maximum Gasteiger partial charge on any atom is 0.336 e. The second-order valence-electron chi connectivity index (χ2n) is 6.57. The Hall–Kier alpha value is -3.04. The smallest absolute Gasteiger partial charge is 0.336 e. The van der Waals surface area contributed by atoms with Crippen LogP contribution >= 0.6 is 0 Å². The third-order valence-electron chi connectivity index (χ3n) is 4.70. The van der Waals surface area contributed by atoms with Crippen molar-refractivity contribution in [3.05, 3.63) is 95.1 Å². The molecule has 29 heavy (non-hydrogen) atoms. The molecule has 0 aromatic heterocycles. The number of carbonyl (C=O) groups is 2. The summed E-state index contributed by atoms with van der Waals surface area (Å²) in [5, 5.41) is 21.7. The minimum Gasteiger partial charge on any atom is -0.478 e. The molecule has 0 heterocycles. The number of benzene rings is 4. The maximum absolute atomic E-state index is 11.0. The molecule has 4 aromatic carbocycles. The number of hydrogen-bond donors (Lipinski definition) is 2. The number of aromatic carboxylic acids is 2. The molecule has 0 amide bonds. The predicted octanol–water partition coefficient (Wildman–Crippen LogP) is 5.69. The first-order valence-corrected chi connectivity index (χ1v) is 8.83. The number of aryl methyl sites for hydroxylation is 2. The van der Waals surface area contributed by atoms with Crippen molar-refractivity contribution in [2.45, 2.75) is 13.8 Å². The molecule has 5 heteroatoms. The van der Waals surface area contributed by atoms with Crippen LogP contribution in [0.15, 0.2) is 72.8 Å². The quantitative estimate of drug-likeness (QED) is 0.395. The van der Waals surface area contributed by atoms with Crippen LogP contribution in [0, 0.1) is 13.8 Å². The van der Waals surface area contributed by atoms with Crippen molar-refractivity contribution in [1.82, 2.24) is 0 Å². The van der Waals surface area contributed by atoms with Crippen LogP contribution in [0.25, 0.3) is 21.5 Å². The molecule has 0 atom stereocenters. The van der Waals surface area contributed by atoms with Crippen molar-refractivity contribution in [2.24, 2.45) is 0 Å². The number of carboxylic acid groups (broad SMARTS) is 2. The molecule has 0 saturated carbocycles. The molecule has 0 radical (unpaired) electrons. The Labute approximate surface area is 181 Å². The van der Waals surface area contributed by atoms with Gasteiger partial charge in [0.05, 0.1) is 11.1 Å². The van der Waals surface area contributed by atoms with E-state index in [9.17, 15) is 9.59 Å². The second-order valence-corrected chi connectivity index (χ2v) is 6.57. The van der Waals surface area contributed by atoms with Crippen LogP contribution < -0.4 is 0 Å². The van der Waals surface area contributed by atoms with Gasteiger partial charge in [-0.3, -0.25) is 0 Å². The first-order chi connectivity index (χ1) is 13.4. The van der Waals surface area contributed by atoms with Crippen molar-refractivity contribution < 1.29 is 39.3 Å². The van der Waals surface area contributed by atoms with E-state index in [1.165, 1.54) is 0 Å². The fraction of sp³-hybridized carbons (Fsp3) is 0.0833. The number of fused-ring (bicyclic) bond motifs is 2. The average Bonchev–Trinajstić information content (AvgIpc) is 2.67. The molecule has 0 aliphatic rings. The van der Waals surface area contributed by atoms with Gasteiger partial charge < -0.3 is 10.2 Å². The number of rotatable bonds is 2. The summed E-state index contributed by atoms with van der Waals surface area (Å²) in [5.41, 5.74) is 2.42. The number of hydrogen-bond acceptors (Lipinski definition) is 2. The monoisotopic (exact) mass is 436 g/mol. The minimum absolute atomic E-state index is 0. The van der Waals surface area contributed by atoms with Crippen molar-refractivity contribution in [3.8, 4) is 0 Å². The first-order valence-electron chi connectivity index (χ1n) is 8.83. The predicted molar refractivity (Wildman–Crippen MR) is 111 cm³/mol. The zero-order valence-electron chi connectivity index (χ0n) is 16.3. The Bertz CT molecular complexity index is 1100. The van der Waals surface area contributed by atoms with Crippen LogP contribution in [-0.4, -0.2) is 22.2 Å². The van der Waals surface area contributed by atoms with E-state index in [0.717, 1.165) is 32.7 Å². The Morgan fingerprint density at radius 3 is 1.28 bits per heavy atom. The molecule has 142 valence electrons. The van der Waals surface area contributed by atoms with E-state index in [1.807, 2.05) is 86.6 Å². The van der Waals surface area contributed by atoms with Gasteiger partial charge in [0.1, 0.15) is 0 Å². The van der Waals surface area contributed by atoms with Gasteiger partial charge in [-0.25, -0.2) is 9.59 Å². The molecule has 0 bridgehead atoms. The van der Waals surface area contributed by atoms with Crippen LogP contribution in [0.2, 0.25) is 0 Å². The third-order valence-corrected chi connectivity index (χ3v) is 4.70. The van der Waals surface area contributed by atoms with Gasteiger partial charge in [0.25, 0.3) is 0 Å². The van der Waals surface area contributed by atoms with Crippen molar-refractivity contribution in [2.75, 3.05) is 0 Å². The van der Waals surface area contributed by atoms with E-state index >= 15 is 0 Å². The van der Waals surface area contributed by atoms with Gasteiger partial charge in [0.15, 0.2) is 0 Å². The van der Waals surface area contributed by atoms with Gasteiger partial charge in [-0.05, 0) is 46.5 Å². The third kappa shape index (κ3) is 4.69. The zero-order valence-corrected chi connectivity index (χ0v) is 19.3. The molecule has 0 unspecified atom stereocenters. The second kappa shape index (κ2) is 9.44. The van der Waals surface area contributed by atoms with Gasteiger partial charge in [-0.15, -0.1) is 0 Å². The SMILES string of the molecule is Cc1ccc2ccccc2c1C(=O)O.Cc1ccc2ccccc2c1C(=O)O.[Zn]. The van der Waals surface area contributed by atoms with Crippen molar-refractivity contribution >= 4 is 33.5 Å². The van der Waals surface area contributed by atoms with Crippen molar-refractivity contribution in [1.29, 1.82) is 0 Å². The summed E-state index contributed by atoms with van der Waals surface area (Å²) in [4.78, 5) is 22.1. The first kappa shape index (κ1) is 22.3. The molecule has 0 fully saturated rings. The summed E-state index contributed by atoms with van der Waals surface area (Å²) in [6, 6.07) is 22.6. The molecule has 0 aliphatic carbocycles. The topological polar surface area (TPSA) is 74.6 Å². The van der Waals surface area contributed by atoms with Crippen LogP contribution in [0.1, 0.15) is 31.8 Å². The summed E-state index contributed by atoms with van der Waals surface area (Å²) in [5.74, 6) is -1.72. The van der Waals surface area contributed by atoms with Crippen LogP contribution in [-0.2, 0) is 19.5 Å².